The van der Waals surface area contributed by atoms with Gasteiger partial charge in [-0.3, -0.25) is 9.59 Å². The van der Waals surface area contributed by atoms with Crippen LogP contribution >= 0.6 is 0 Å². The molecule has 2 heterocycles. The Hall–Kier alpha value is -2.93. The predicted octanol–water partition coefficient (Wildman–Crippen LogP) is 2.39. The first-order chi connectivity index (χ1) is 14.5. The highest BCUT2D eigenvalue weighted by molar-refractivity contribution is 5.97. The van der Waals surface area contributed by atoms with E-state index in [9.17, 15) is 19.5 Å². The summed E-state index contributed by atoms with van der Waals surface area (Å²) in [6.07, 6.45) is 6.34. The summed E-state index contributed by atoms with van der Waals surface area (Å²) in [6.45, 7) is 5.34. The first-order valence-corrected chi connectivity index (χ1v) is 10.5. The smallest absolute Gasteiger partial charge is 0.341 e. The van der Waals surface area contributed by atoms with E-state index in [4.69, 9.17) is 0 Å². The molecule has 3 rings (SSSR count). The molecule has 1 aromatic heterocycles. The number of nitrogens with zero attached hydrogens (tertiary/aromatic N) is 2. The van der Waals surface area contributed by atoms with Gasteiger partial charge in [-0.05, 0) is 44.3 Å². The second-order valence-corrected chi connectivity index (χ2v) is 7.81. The van der Waals surface area contributed by atoms with Crippen molar-refractivity contribution >= 4 is 11.9 Å². The number of pyridine rings is 1. The van der Waals surface area contributed by atoms with E-state index in [2.05, 4.69) is 17.1 Å². The summed E-state index contributed by atoms with van der Waals surface area (Å²) in [7, 11) is 0. The normalized spacial score (nSPS) is 16.9. The van der Waals surface area contributed by atoms with Gasteiger partial charge in [0, 0.05) is 31.5 Å². The molecule has 2 aromatic rings. The van der Waals surface area contributed by atoms with Crippen molar-refractivity contribution in [2.45, 2.75) is 45.2 Å². The molecule has 0 radical (unpaired) electrons. The molecule has 160 valence electrons. The Morgan fingerprint density at radius 2 is 1.87 bits per heavy atom. The van der Waals surface area contributed by atoms with Gasteiger partial charge in [-0.25, -0.2) is 4.79 Å². The summed E-state index contributed by atoms with van der Waals surface area (Å²) in [5, 5.41) is 12.4. The van der Waals surface area contributed by atoms with Gasteiger partial charge in [0.1, 0.15) is 11.1 Å². The number of aromatic carboxylic acids is 1. The molecule has 1 aliphatic heterocycles. The van der Waals surface area contributed by atoms with Crippen molar-refractivity contribution in [2.75, 3.05) is 19.6 Å². The Kier molecular flexibility index (Phi) is 7.41. The molecule has 1 saturated heterocycles. The molecule has 0 saturated carbocycles. The fourth-order valence-corrected chi connectivity index (χ4v) is 3.93. The average molecular weight is 412 g/mol. The fraction of sp³-hybridized carbons (Fsp3) is 0.435. The first kappa shape index (κ1) is 21.8. The number of carbonyl (C=O) groups is 2. The maximum atomic E-state index is 12.9. The van der Waals surface area contributed by atoms with E-state index < -0.39 is 17.3 Å². The zero-order valence-electron chi connectivity index (χ0n) is 17.3. The van der Waals surface area contributed by atoms with Crippen LogP contribution in [0.1, 0.15) is 52.5 Å². The van der Waals surface area contributed by atoms with Crippen LogP contribution in [-0.4, -0.2) is 52.1 Å². The quantitative estimate of drug-likeness (QED) is 0.696. The summed E-state index contributed by atoms with van der Waals surface area (Å²) < 4.78 is 1.62. The van der Waals surface area contributed by atoms with Gasteiger partial charge in [0.15, 0.2) is 0 Å². The average Bonchev–Trinajstić information content (AvgIpc) is 2.74. The van der Waals surface area contributed by atoms with Gasteiger partial charge in [-0.1, -0.05) is 37.3 Å². The number of carboxylic acids is 1. The van der Waals surface area contributed by atoms with Crippen LogP contribution in [0.3, 0.4) is 0 Å². The Morgan fingerprint density at radius 3 is 2.57 bits per heavy atom. The number of amides is 1. The van der Waals surface area contributed by atoms with Gasteiger partial charge in [0.05, 0.1) is 0 Å². The molecule has 0 bridgehead atoms. The Balaban J connectivity index is 1.78. The molecule has 2 N–H and O–H groups in total. The molecule has 30 heavy (non-hydrogen) atoms. The standard InChI is InChI=1S/C23H29N3O4/c1-2-11-25-12-6-9-18(14-25)24-22(28)19-15-26(16-20(21(19)27)23(29)30)13-10-17-7-4-3-5-8-17/h3-5,7-8,15-16,18H,2,6,9-14H2,1H3,(H,24,28)(H,29,30)/t18-/m0/s1. The Morgan fingerprint density at radius 1 is 1.13 bits per heavy atom. The number of benzene rings is 1. The third-order valence-corrected chi connectivity index (χ3v) is 5.44. The van der Waals surface area contributed by atoms with Gasteiger partial charge in [-0.15, -0.1) is 0 Å². The minimum Gasteiger partial charge on any atom is -0.477 e. The topological polar surface area (TPSA) is 91.6 Å². The number of nitrogens with one attached hydrogen (secondary N) is 1. The lowest BCUT2D eigenvalue weighted by molar-refractivity contribution is 0.0694. The number of aromatic nitrogens is 1. The number of aryl methyl sites for hydroxylation is 2. The lowest BCUT2D eigenvalue weighted by Crippen LogP contribution is -2.48. The van der Waals surface area contributed by atoms with Gasteiger partial charge in [0.25, 0.3) is 5.91 Å². The number of likely N-dealkylation sites (tertiary alicyclic amines) is 1. The molecule has 0 spiro atoms. The second kappa shape index (κ2) is 10.2. The van der Waals surface area contributed by atoms with Crippen molar-refractivity contribution < 1.29 is 14.7 Å². The van der Waals surface area contributed by atoms with Crippen LogP contribution in [-0.2, 0) is 13.0 Å². The molecule has 0 aliphatic carbocycles. The van der Waals surface area contributed by atoms with Gasteiger partial charge in [-0.2, -0.15) is 0 Å². The predicted molar refractivity (Wildman–Crippen MR) is 115 cm³/mol. The fourth-order valence-electron chi connectivity index (χ4n) is 3.93. The Bertz CT molecular complexity index is 937. The number of carboxylic acid groups (broad SMARTS) is 1. The summed E-state index contributed by atoms with van der Waals surface area (Å²) in [6, 6.07) is 9.74. The summed E-state index contributed by atoms with van der Waals surface area (Å²) in [5.41, 5.74) is -0.142. The van der Waals surface area contributed by atoms with E-state index in [1.165, 1.54) is 12.4 Å². The second-order valence-electron chi connectivity index (χ2n) is 7.81. The summed E-state index contributed by atoms with van der Waals surface area (Å²) >= 11 is 0. The van der Waals surface area contributed by atoms with Crippen LogP contribution in [0.4, 0.5) is 0 Å². The van der Waals surface area contributed by atoms with Crippen molar-refractivity contribution in [1.29, 1.82) is 0 Å². The van der Waals surface area contributed by atoms with Crippen molar-refractivity contribution in [3.63, 3.8) is 0 Å². The molecule has 7 heteroatoms. The van der Waals surface area contributed by atoms with Crippen LogP contribution in [0, 0.1) is 0 Å². The van der Waals surface area contributed by atoms with Gasteiger partial charge >= 0.3 is 5.97 Å². The molecule has 1 aliphatic rings. The first-order valence-electron chi connectivity index (χ1n) is 10.5. The van der Waals surface area contributed by atoms with Crippen molar-refractivity contribution in [3.05, 3.63) is 69.6 Å². The van der Waals surface area contributed by atoms with Crippen molar-refractivity contribution in [2.24, 2.45) is 0 Å². The molecule has 1 atom stereocenters. The van der Waals surface area contributed by atoms with Crippen LogP contribution in [0.2, 0.25) is 0 Å². The van der Waals surface area contributed by atoms with E-state index >= 15 is 0 Å². The number of hydrogen-bond acceptors (Lipinski definition) is 4. The zero-order valence-corrected chi connectivity index (χ0v) is 17.3. The minimum absolute atomic E-state index is 0.0385. The molecule has 1 fully saturated rings. The maximum Gasteiger partial charge on any atom is 0.341 e. The van der Waals surface area contributed by atoms with Crippen LogP contribution in [0.25, 0.3) is 0 Å². The van der Waals surface area contributed by atoms with E-state index in [0.29, 0.717) is 13.0 Å². The lowest BCUT2D eigenvalue weighted by atomic mass is 10.0. The largest absolute Gasteiger partial charge is 0.477 e. The lowest BCUT2D eigenvalue weighted by Gasteiger charge is -2.32. The molecule has 7 nitrogen and oxygen atoms in total. The molecule has 1 aromatic carbocycles. The molecular weight excluding hydrogens is 382 g/mol. The highest BCUT2D eigenvalue weighted by atomic mass is 16.4. The molecular formula is C23H29N3O4. The van der Waals surface area contributed by atoms with Crippen molar-refractivity contribution in [3.8, 4) is 0 Å². The third kappa shape index (κ3) is 5.57. The van der Waals surface area contributed by atoms with E-state index in [-0.39, 0.29) is 17.2 Å². The monoisotopic (exact) mass is 411 g/mol. The van der Waals surface area contributed by atoms with Crippen LogP contribution in [0.5, 0.6) is 0 Å². The van der Waals surface area contributed by atoms with Gasteiger partial charge < -0.3 is 19.9 Å². The van der Waals surface area contributed by atoms with Crippen LogP contribution < -0.4 is 10.7 Å². The maximum absolute atomic E-state index is 12.9. The van der Waals surface area contributed by atoms with E-state index in [1.54, 1.807) is 4.57 Å². The van der Waals surface area contributed by atoms with E-state index in [0.717, 1.165) is 44.5 Å². The minimum atomic E-state index is -1.32. The SMILES string of the molecule is CCCN1CCC[C@H](NC(=O)c2cn(CCc3ccccc3)cc(C(=O)O)c2=O)C1. The van der Waals surface area contributed by atoms with Gasteiger partial charge in [0.2, 0.25) is 5.43 Å². The molecule has 0 unspecified atom stereocenters. The summed E-state index contributed by atoms with van der Waals surface area (Å²) in [5.74, 6) is -1.82. The molecule has 1 amide bonds. The van der Waals surface area contributed by atoms with E-state index in [1.807, 2.05) is 30.3 Å². The van der Waals surface area contributed by atoms with Crippen molar-refractivity contribution in [1.82, 2.24) is 14.8 Å². The van der Waals surface area contributed by atoms with Crippen LogP contribution in [0.15, 0.2) is 47.5 Å². The third-order valence-electron chi connectivity index (χ3n) is 5.44. The highest BCUT2D eigenvalue weighted by Crippen LogP contribution is 2.11. The number of carbonyl (C=O) groups excluding carboxylic acids is 1. The number of rotatable bonds is 8. The summed E-state index contributed by atoms with van der Waals surface area (Å²) in [4.78, 5) is 39.4. The number of hydrogen-bond donors (Lipinski definition) is 2. The number of piperidine rings is 1. The zero-order chi connectivity index (χ0) is 21.5. The Labute approximate surface area is 176 Å². The highest BCUT2D eigenvalue weighted by Gasteiger charge is 2.24.